The third-order valence-corrected chi connectivity index (χ3v) is 7.08. The fourth-order valence-corrected chi connectivity index (χ4v) is 5.12. The molecule has 0 bridgehead atoms. The molecule has 1 aliphatic heterocycles. The summed E-state index contributed by atoms with van der Waals surface area (Å²) in [6, 6.07) is 14.0. The van der Waals surface area contributed by atoms with E-state index < -0.39 is 27.6 Å². The van der Waals surface area contributed by atoms with Crippen LogP contribution in [-0.2, 0) is 16.4 Å². The number of hydrogen-bond donors (Lipinski definition) is 1. The smallest absolute Gasteiger partial charge is 0.264 e. The number of rotatable bonds is 5. The molecular weight excluding hydrogens is 438 g/mol. The van der Waals surface area contributed by atoms with Gasteiger partial charge in [0.1, 0.15) is 5.75 Å². The number of anilines is 2. The van der Waals surface area contributed by atoms with Crippen molar-refractivity contribution in [3.63, 3.8) is 0 Å². The Morgan fingerprint density at radius 2 is 1.75 bits per heavy atom. The van der Waals surface area contributed by atoms with Crippen molar-refractivity contribution in [3.05, 3.63) is 83.4 Å². The molecule has 0 aromatic heterocycles. The summed E-state index contributed by atoms with van der Waals surface area (Å²) in [5, 5.41) is 2.62. The number of nitrogens with zero attached hydrogens (tertiary/aromatic N) is 1. The van der Waals surface area contributed by atoms with Gasteiger partial charge in [-0.15, -0.1) is 0 Å². The molecule has 0 unspecified atom stereocenters. The van der Waals surface area contributed by atoms with Gasteiger partial charge in [0.25, 0.3) is 15.9 Å². The number of aryl methyl sites for hydroxylation is 1. The van der Waals surface area contributed by atoms with Crippen LogP contribution in [0.2, 0.25) is 0 Å². The molecule has 3 aromatic carbocycles. The van der Waals surface area contributed by atoms with E-state index >= 15 is 0 Å². The van der Waals surface area contributed by atoms with Gasteiger partial charge in [-0.05, 0) is 73.0 Å². The van der Waals surface area contributed by atoms with E-state index in [1.165, 1.54) is 29.6 Å². The fourth-order valence-electron chi connectivity index (χ4n) is 3.58. The summed E-state index contributed by atoms with van der Waals surface area (Å²) in [6.45, 7) is 0.294. The Balaban J connectivity index is 1.64. The molecule has 0 spiro atoms. The number of ether oxygens (including phenoxy) is 1. The first kappa shape index (κ1) is 21.8. The van der Waals surface area contributed by atoms with Gasteiger partial charge in [-0.25, -0.2) is 17.2 Å². The number of fused-ring (bicyclic) bond motifs is 1. The maximum absolute atomic E-state index is 13.5. The van der Waals surface area contributed by atoms with Crippen molar-refractivity contribution in [3.8, 4) is 5.75 Å². The monoisotopic (exact) mass is 458 g/mol. The third kappa shape index (κ3) is 4.16. The van der Waals surface area contributed by atoms with E-state index in [4.69, 9.17) is 4.74 Å². The predicted octanol–water partition coefficient (Wildman–Crippen LogP) is 4.37. The van der Waals surface area contributed by atoms with Crippen LogP contribution in [0, 0.1) is 11.6 Å². The van der Waals surface area contributed by atoms with Crippen LogP contribution in [0.1, 0.15) is 22.3 Å². The average Bonchev–Trinajstić information content (AvgIpc) is 2.80. The lowest BCUT2D eigenvalue weighted by Gasteiger charge is -2.31. The van der Waals surface area contributed by atoms with Crippen LogP contribution in [0.3, 0.4) is 0 Å². The van der Waals surface area contributed by atoms with Crippen molar-refractivity contribution in [2.75, 3.05) is 23.3 Å². The largest absolute Gasteiger partial charge is 0.497 e. The molecular formula is C23H20F2N2O4S. The van der Waals surface area contributed by atoms with Gasteiger partial charge in [-0.1, -0.05) is 6.07 Å². The number of sulfonamides is 1. The van der Waals surface area contributed by atoms with Crippen molar-refractivity contribution in [1.29, 1.82) is 0 Å². The van der Waals surface area contributed by atoms with E-state index in [0.717, 1.165) is 17.7 Å². The summed E-state index contributed by atoms with van der Waals surface area (Å²) in [5.41, 5.74) is 1.59. The van der Waals surface area contributed by atoms with Gasteiger partial charge in [-0.2, -0.15) is 0 Å². The highest BCUT2D eigenvalue weighted by Crippen LogP contribution is 2.34. The average molecular weight is 458 g/mol. The summed E-state index contributed by atoms with van der Waals surface area (Å²) >= 11 is 0. The lowest BCUT2D eigenvalue weighted by molar-refractivity contribution is 0.102. The maximum atomic E-state index is 13.5. The Kier molecular flexibility index (Phi) is 5.84. The number of carbonyl (C=O) groups excluding carboxylic acids is 1. The van der Waals surface area contributed by atoms with E-state index in [1.54, 1.807) is 30.3 Å². The van der Waals surface area contributed by atoms with E-state index in [0.29, 0.717) is 36.5 Å². The normalized spacial score (nSPS) is 13.4. The predicted molar refractivity (Wildman–Crippen MR) is 117 cm³/mol. The van der Waals surface area contributed by atoms with Gasteiger partial charge in [-0.3, -0.25) is 9.10 Å². The first-order valence-electron chi connectivity index (χ1n) is 9.86. The fraction of sp³-hybridized carbons (Fsp3) is 0.174. The number of halogens is 2. The second kappa shape index (κ2) is 8.58. The van der Waals surface area contributed by atoms with Crippen molar-refractivity contribution in [2.24, 2.45) is 0 Å². The number of benzene rings is 3. The molecule has 3 aromatic rings. The summed E-state index contributed by atoms with van der Waals surface area (Å²) in [7, 11) is -2.33. The molecule has 0 atom stereocenters. The van der Waals surface area contributed by atoms with Crippen LogP contribution in [0.25, 0.3) is 0 Å². The Hall–Kier alpha value is -3.46. The number of amides is 1. The standard InChI is InChI=1S/C23H20F2N2O4S/c1-31-18-7-9-19(10-8-18)32(29,30)27-12-2-3-15-4-6-17(14-22(15)27)26-23(28)16-5-11-20(24)21(25)13-16/h4-11,13-14H,2-3,12H2,1H3,(H,26,28). The molecule has 0 aliphatic carbocycles. The molecule has 0 fully saturated rings. The van der Waals surface area contributed by atoms with Gasteiger partial charge >= 0.3 is 0 Å². The Bertz CT molecular complexity index is 1280. The Morgan fingerprint density at radius 3 is 2.44 bits per heavy atom. The molecule has 1 aliphatic rings. The van der Waals surface area contributed by atoms with E-state index in [9.17, 15) is 22.0 Å². The summed E-state index contributed by atoms with van der Waals surface area (Å²) < 4.78 is 59.6. The topological polar surface area (TPSA) is 75.7 Å². The van der Waals surface area contributed by atoms with Crippen LogP contribution < -0.4 is 14.4 Å². The first-order valence-corrected chi connectivity index (χ1v) is 11.3. The zero-order chi connectivity index (χ0) is 22.9. The van der Waals surface area contributed by atoms with Crippen LogP contribution in [0.15, 0.2) is 65.6 Å². The zero-order valence-corrected chi connectivity index (χ0v) is 18.0. The molecule has 0 saturated heterocycles. The Labute approximate surface area is 184 Å². The lowest BCUT2D eigenvalue weighted by atomic mass is 10.0. The van der Waals surface area contributed by atoms with Crippen LogP contribution in [0.5, 0.6) is 5.75 Å². The SMILES string of the molecule is COc1ccc(S(=O)(=O)N2CCCc3ccc(NC(=O)c4ccc(F)c(F)c4)cc32)cc1. The minimum atomic E-state index is -3.83. The number of hydrogen-bond acceptors (Lipinski definition) is 4. The van der Waals surface area contributed by atoms with Gasteiger partial charge in [0.2, 0.25) is 0 Å². The summed E-state index contributed by atoms with van der Waals surface area (Å²) in [5.74, 6) is -2.26. The molecule has 4 rings (SSSR count). The van der Waals surface area contributed by atoms with Crippen molar-refractivity contribution < 1.29 is 26.7 Å². The van der Waals surface area contributed by atoms with Gasteiger partial charge < -0.3 is 10.1 Å². The van der Waals surface area contributed by atoms with E-state index in [1.807, 2.05) is 0 Å². The molecule has 32 heavy (non-hydrogen) atoms. The number of nitrogens with one attached hydrogen (secondary N) is 1. The third-order valence-electron chi connectivity index (χ3n) is 5.25. The molecule has 1 amide bonds. The van der Waals surface area contributed by atoms with Crippen molar-refractivity contribution in [2.45, 2.75) is 17.7 Å². The summed E-state index contributed by atoms with van der Waals surface area (Å²) in [4.78, 5) is 12.6. The van der Waals surface area contributed by atoms with Crippen LogP contribution in [0.4, 0.5) is 20.2 Å². The molecule has 0 saturated carbocycles. The van der Waals surface area contributed by atoms with Gasteiger partial charge in [0, 0.05) is 17.8 Å². The van der Waals surface area contributed by atoms with Gasteiger partial charge in [0.05, 0.1) is 17.7 Å². The van der Waals surface area contributed by atoms with Gasteiger partial charge in [0.15, 0.2) is 11.6 Å². The second-order valence-corrected chi connectivity index (χ2v) is 9.15. The molecule has 6 nitrogen and oxygen atoms in total. The maximum Gasteiger partial charge on any atom is 0.264 e. The highest BCUT2D eigenvalue weighted by atomic mass is 32.2. The van der Waals surface area contributed by atoms with Crippen molar-refractivity contribution in [1.82, 2.24) is 0 Å². The number of carbonyl (C=O) groups is 1. The lowest BCUT2D eigenvalue weighted by Crippen LogP contribution is -2.35. The highest BCUT2D eigenvalue weighted by molar-refractivity contribution is 7.92. The highest BCUT2D eigenvalue weighted by Gasteiger charge is 2.29. The molecule has 166 valence electrons. The first-order chi connectivity index (χ1) is 15.3. The van der Waals surface area contributed by atoms with Crippen LogP contribution in [-0.4, -0.2) is 28.0 Å². The van der Waals surface area contributed by atoms with E-state index in [2.05, 4.69) is 5.32 Å². The quantitative estimate of drug-likeness (QED) is 0.616. The molecule has 1 N–H and O–H groups in total. The summed E-state index contributed by atoms with van der Waals surface area (Å²) in [6.07, 6.45) is 1.35. The minimum absolute atomic E-state index is 0.0515. The molecule has 9 heteroatoms. The Morgan fingerprint density at radius 1 is 1.00 bits per heavy atom. The number of methoxy groups -OCH3 is 1. The zero-order valence-electron chi connectivity index (χ0n) is 17.1. The molecule has 0 radical (unpaired) electrons. The second-order valence-electron chi connectivity index (χ2n) is 7.28. The van der Waals surface area contributed by atoms with Crippen LogP contribution >= 0.6 is 0 Å². The van der Waals surface area contributed by atoms with Crippen molar-refractivity contribution >= 4 is 27.3 Å². The minimum Gasteiger partial charge on any atom is -0.497 e. The molecule has 1 heterocycles. The van der Waals surface area contributed by atoms with E-state index in [-0.39, 0.29) is 10.5 Å².